The molecule has 0 bridgehead atoms. The van der Waals surface area contributed by atoms with E-state index in [0.29, 0.717) is 23.0 Å². The van der Waals surface area contributed by atoms with Crippen molar-refractivity contribution in [3.63, 3.8) is 0 Å². The zero-order valence-electron chi connectivity index (χ0n) is 14.7. The maximum absolute atomic E-state index is 13.0. The Morgan fingerprint density at radius 3 is 2.56 bits per heavy atom. The van der Waals surface area contributed by atoms with Crippen LogP contribution >= 0.6 is 23.2 Å². The van der Waals surface area contributed by atoms with E-state index in [1.165, 1.54) is 19.5 Å². The highest BCUT2D eigenvalue weighted by Crippen LogP contribution is 2.45. The number of aromatic nitrogens is 1. The highest BCUT2D eigenvalue weighted by molar-refractivity contribution is 6.45. The smallest absolute Gasteiger partial charge is 0.299 e. The van der Waals surface area contributed by atoms with Crippen molar-refractivity contribution in [2.24, 2.45) is 10.1 Å². The summed E-state index contributed by atoms with van der Waals surface area (Å²) < 4.78 is 5.09. The standard InChI is InChI=1S/C17H15Cl2N5O3/c1-9(23-26)16-21-15-12(5-4-6-13(15)27-3)24(16,2)22-17(25)14-10(18)7-20-8-11(14)19/h4-8H,1-3H3,(H-,21,22,25,26)/p+1. The number of carbonyl (C=O) groups excluding carboxylic acids is 1. The Balaban J connectivity index is 2.13. The summed E-state index contributed by atoms with van der Waals surface area (Å²) in [6.07, 6.45) is 2.66. The molecule has 1 atom stereocenters. The lowest BCUT2D eigenvalue weighted by Crippen LogP contribution is -2.63. The molecule has 1 unspecified atom stereocenters. The normalized spacial score (nSPS) is 18.7. The second-order valence-electron chi connectivity index (χ2n) is 5.87. The van der Waals surface area contributed by atoms with Crippen LogP contribution in [0.2, 0.25) is 10.0 Å². The van der Waals surface area contributed by atoms with Gasteiger partial charge in [-0.2, -0.15) is 10.4 Å². The van der Waals surface area contributed by atoms with Gasteiger partial charge in [-0.15, -0.1) is 4.59 Å². The van der Waals surface area contributed by atoms with Gasteiger partial charge in [0.2, 0.25) is 0 Å². The molecular formula is C17H16Cl2N5O3+. The van der Waals surface area contributed by atoms with Crippen molar-refractivity contribution in [3.05, 3.63) is 46.2 Å². The number of carbonyl (C=O) groups is 1. The van der Waals surface area contributed by atoms with Gasteiger partial charge in [-0.25, -0.2) is 0 Å². The minimum absolute atomic E-state index is 0.0852. The molecule has 8 nitrogen and oxygen atoms in total. The molecule has 27 heavy (non-hydrogen) atoms. The van der Waals surface area contributed by atoms with Gasteiger partial charge in [0.1, 0.15) is 7.05 Å². The molecule has 10 heteroatoms. The predicted molar refractivity (Wildman–Crippen MR) is 104 cm³/mol. The van der Waals surface area contributed by atoms with Crippen LogP contribution in [0.25, 0.3) is 0 Å². The summed E-state index contributed by atoms with van der Waals surface area (Å²) in [5.41, 5.74) is 4.31. The molecule has 1 aromatic heterocycles. The molecule has 1 aromatic carbocycles. The third-order valence-corrected chi connectivity index (χ3v) is 4.77. The van der Waals surface area contributed by atoms with E-state index in [9.17, 15) is 10.0 Å². The quantitative estimate of drug-likeness (QED) is 0.349. The van der Waals surface area contributed by atoms with E-state index in [2.05, 4.69) is 20.6 Å². The summed E-state index contributed by atoms with van der Waals surface area (Å²) in [6.45, 7) is 1.58. The maximum atomic E-state index is 13.0. The first-order valence-electron chi connectivity index (χ1n) is 7.77. The zero-order chi connectivity index (χ0) is 19.8. The lowest BCUT2D eigenvalue weighted by atomic mass is 10.2. The first-order chi connectivity index (χ1) is 12.8. The van der Waals surface area contributed by atoms with Gasteiger partial charge in [-0.1, -0.05) is 34.4 Å². The van der Waals surface area contributed by atoms with Crippen molar-refractivity contribution in [3.8, 4) is 5.75 Å². The first-order valence-corrected chi connectivity index (χ1v) is 8.53. The van der Waals surface area contributed by atoms with Crippen LogP contribution in [0.5, 0.6) is 5.75 Å². The number of nitrogens with one attached hydrogen (secondary N) is 1. The molecule has 2 heterocycles. The highest BCUT2D eigenvalue weighted by Gasteiger charge is 2.46. The molecular weight excluding hydrogens is 393 g/mol. The summed E-state index contributed by atoms with van der Waals surface area (Å²) in [5.74, 6) is 0.294. The van der Waals surface area contributed by atoms with Crippen LogP contribution in [0.15, 0.2) is 40.7 Å². The molecule has 0 saturated heterocycles. The summed E-state index contributed by atoms with van der Waals surface area (Å²) >= 11 is 12.2. The Labute approximate surface area is 165 Å². The third-order valence-electron chi connectivity index (χ3n) is 4.20. The highest BCUT2D eigenvalue weighted by atomic mass is 35.5. The number of hydrogen-bond donors (Lipinski definition) is 2. The molecule has 0 saturated carbocycles. The number of benzene rings is 1. The van der Waals surface area contributed by atoms with Crippen LogP contribution in [0.1, 0.15) is 17.3 Å². The average molecular weight is 409 g/mol. The Morgan fingerprint density at radius 1 is 1.30 bits per heavy atom. The van der Waals surface area contributed by atoms with Gasteiger partial charge in [0.25, 0.3) is 11.7 Å². The molecule has 140 valence electrons. The van der Waals surface area contributed by atoms with Crippen molar-refractivity contribution >= 4 is 52.0 Å². The van der Waals surface area contributed by atoms with Crippen LogP contribution in [0.3, 0.4) is 0 Å². The number of hydrogen-bond acceptors (Lipinski definition) is 6. The van der Waals surface area contributed by atoms with Crippen molar-refractivity contribution < 1.29 is 14.7 Å². The zero-order valence-corrected chi connectivity index (χ0v) is 16.2. The van der Waals surface area contributed by atoms with Crippen LogP contribution in [-0.2, 0) is 0 Å². The van der Waals surface area contributed by atoms with Crippen molar-refractivity contribution in [2.75, 3.05) is 14.2 Å². The number of quaternary nitrogens is 1. The number of methoxy groups -OCH3 is 1. The SMILES string of the molecule is COc1cccc2c1N=C(C(C)=NO)[N+]2(C)NC(=O)c1c(Cl)cncc1Cl. The topological polar surface area (TPSA) is 96.2 Å². The second-order valence-corrected chi connectivity index (χ2v) is 6.69. The van der Waals surface area contributed by atoms with E-state index >= 15 is 0 Å². The van der Waals surface area contributed by atoms with Gasteiger partial charge in [0.05, 0.1) is 22.7 Å². The molecule has 0 spiro atoms. The molecule has 0 aliphatic carbocycles. The van der Waals surface area contributed by atoms with Gasteiger partial charge in [0, 0.05) is 18.5 Å². The molecule has 2 N–H and O–H groups in total. The van der Waals surface area contributed by atoms with E-state index in [-0.39, 0.29) is 25.9 Å². The predicted octanol–water partition coefficient (Wildman–Crippen LogP) is 3.57. The van der Waals surface area contributed by atoms with E-state index in [1.807, 2.05) is 0 Å². The first kappa shape index (κ1) is 19.1. The number of amidine groups is 1. The number of nitrogens with zero attached hydrogens (tertiary/aromatic N) is 4. The van der Waals surface area contributed by atoms with Gasteiger partial charge in [-0.3, -0.25) is 9.78 Å². The Kier molecular flexibility index (Phi) is 5.05. The monoisotopic (exact) mass is 408 g/mol. The Bertz CT molecular complexity index is 972. The Hall–Kier alpha value is -2.68. The fourth-order valence-corrected chi connectivity index (χ4v) is 3.45. The second kappa shape index (κ2) is 7.15. The average Bonchev–Trinajstić information content (AvgIpc) is 2.93. The molecule has 1 amide bonds. The maximum Gasteiger partial charge on any atom is 0.299 e. The number of halogens is 2. The molecule has 2 aromatic rings. The summed E-state index contributed by atoms with van der Waals surface area (Å²) in [7, 11) is 3.22. The molecule has 1 aliphatic rings. The van der Waals surface area contributed by atoms with Gasteiger partial charge in [-0.05, 0) is 13.0 Å². The summed E-state index contributed by atoms with van der Waals surface area (Å²) in [5, 5.41) is 12.7. The van der Waals surface area contributed by atoms with Gasteiger partial charge in [0.15, 0.2) is 22.8 Å². The van der Waals surface area contributed by atoms with Crippen LogP contribution in [-0.4, -0.2) is 41.8 Å². The fourth-order valence-electron chi connectivity index (χ4n) is 2.92. The minimum Gasteiger partial charge on any atom is -0.494 e. The number of para-hydroxylation sites is 1. The largest absolute Gasteiger partial charge is 0.494 e. The number of pyridine rings is 1. The number of aliphatic imine (C=N–C) groups is 1. The fraction of sp³-hybridized carbons (Fsp3) is 0.176. The van der Waals surface area contributed by atoms with E-state index < -0.39 is 5.91 Å². The van der Waals surface area contributed by atoms with Gasteiger partial charge < -0.3 is 9.94 Å². The molecule has 0 fully saturated rings. The number of rotatable bonds is 4. The summed E-state index contributed by atoms with van der Waals surface area (Å²) in [6, 6.07) is 5.31. The van der Waals surface area contributed by atoms with Crippen LogP contribution in [0.4, 0.5) is 11.4 Å². The third kappa shape index (κ3) is 3.12. The molecule has 1 aliphatic heterocycles. The lowest BCUT2D eigenvalue weighted by molar-refractivity contribution is 0.0892. The van der Waals surface area contributed by atoms with Crippen molar-refractivity contribution in [2.45, 2.75) is 6.92 Å². The van der Waals surface area contributed by atoms with Crippen LogP contribution in [0, 0.1) is 0 Å². The number of fused-ring (bicyclic) bond motifs is 1. The van der Waals surface area contributed by atoms with Crippen molar-refractivity contribution in [1.29, 1.82) is 0 Å². The molecule has 3 rings (SSSR count). The van der Waals surface area contributed by atoms with Crippen LogP contribution < -0.4 is 14.8 Å². The summed E-state index contributed by atoms with van der Waals surface area (Å²) in [4.78, 5) is 21.3. The molecule has 0 radical (unpaired) electrons. The van der Waals surface area contributed by atoms with Crippen molar-refractivity contribution in [1.82, 2.24) is 15.0 Å². The Morgan fingerprint density at radius 2 is 1.96 bits per heavy atom. The lowest BCUT2D eigenvalue weighted by Gasteiger charge is -2.29. The van der Waals surface area contributed by atoms with E-state index in [1.54, 1.807) is 32.2 Å². The number of oxime groups is 1. The van der Waals surface area contributed by atoms with E-state index in [4.69, 9.17) is 27.9 Å². The van der Waals surface area contributed by atoms with Gasteiger partial charge >= 0.3 is 0 Å². The minimum atomic E-state index is -0.538. The van der Waals surface area contributed by atoms with E-state index in [0.717, 1.165) is 0 Å². The number of amides is 1. The number of ether oxygens (including phenoxy) is 1.